The van der Waals surface area contributed by atoms with Crippen LogP contribution < -0.4 is 0 Å². The van der Waals surface area contributed by atoms with E-state index in [0.717, 1.165) is 11.1 Å². The van der Waals surface area contributed by atoms with Crippen LogP contribution in [0, 0.1) is 0 Å². The van der Waals surface area contributed by atoms with E-state index >= 15 is 0 Å². The van der Waals surface area contributed by atoms with Crippen LogP contribution in [0.2, 0.25) is 0 Å². The molecule has 1 aromatic heterocycles. The summed E-state index contributed by atoms with van der Waals surface area (Å²) in [6.45, 7) is 3.39. The summed E-state index contributed by atoms with van der Waals surface area (Å²) in [5, 5.41) is 22.2. The van der Waals surface area contributed by atoms with Crippen LogP contribution in [0.1, 0.15) is 30.0 Å². The molecular weight excluding hydrogens is 234 g/mol. The molecule has 0 aliphatic carbocycles. The predicted molar refractivity (Wildman–Crippen MR) is 64.1 cm³/mol. The van der Waals surface area contributed by atoms with E-state index in [9.17, 15) is 9.90 Å². The zero-order valence-electron chi connectivity index (χ0n) is 10.0. The molecule has 2 aromatic rings. The Hall–Kier alpha value is -2.14. The van der Waals surface area contributed by atoms with Crippen LogP contribution in [0.5, 0.6) is 0 Å². The van der Waals surface area contributed by atoms with Crippen LogP contribution in [-0.4, -0.2) is 21.3 Å². The molecular formula is C13H13NO4. The summed E-state index contributed by atoms with van der Waals surface area (Å²) < 4.78 is 4.68. The Morgan fingerprint density at radius 1 is 1.28 bits per heavy atom. The van der Waals surface area contributed by atoms with E-state index in [1.54, 1.807) is 38.1 Å². The number of carboxylic acid groups (broad SMARTS) is 1. The van der Waals surface area contributed by atoms with Gasteiger partial charge in [0.1, 0.15) is 5.69 Å². The van der Waals surface area contributed by atoms with Crippen LogP contribution in [0.4, 0.5) is 0 Å². The normalized spacial score (nSPS) is 11.5. The monoisotopic (exact) mass is 247 g/mol. The molecule has 0 radical (unpaired) electrons. The number of aromatic carboxylic acids is 1. The van der Waals surface area contributed by atoms with Gasteiger partial charge in [-0.1, -0.05) is 29.4 Å². The van der Waals surface area contributed by atoms with Crippen molar-refractivity contribution >= 4 is 5.97 Å². The first kappa shape index (κ1) is 12.3. The van der Waals surface area contributed by atoms with E-state index < -0.39 is 11.6 Å². The van der Waals surface area contributed by atoms with E-state index in [2.05, 4.69) is 9.68 Å². The lowest BCUT2D eigenvalue weighted by atomic mass is 9.97. The van der Waals surface area contributed by atoms with E-state index in [0.29, 0.717) is 5.69 Å². The summed E-state index contributed by atoms with van der Waals surface area (Å²) >= 11 is 0. The molecule has 0 saturated carbocycles. The lowest BCUT2D eigenvalue weighted by Crippen LogP contribution is -2.14. The molecule has 0 aliphatic heterocycles. The van der Waals surface area contributed by atoms with Gasteiger partial charge in [-0.25, -0.2) is 4.79 Å². The second-order valence-corrected chi connectivity index (χ2v) is 4.52. The van der Waals surface area contributed by atoms with Crippen molar-refractivity contribution in [3.8, 4) is 11.3 Å². The first-order chi connectivity index (χ1) is 8.38. The molecule has 2 rings (SSSR count). The zero-order valence-corrected chi connectivity index (χ0v) is 10.0. The molecule has 0 bridgehead atoms. The number of aromatic nitrogens is 1. The zero-order chi connectivity index (χ0) is 13.3. The average molecular weight is 247 g/mol. The second kappa shape index (κ2) is 4.27. The maximum absolute atomic E-state index is 10.7. The van der Waals surface area contributed by atoms with Gasteiger partial charge in [0.15, 0.2) is 0 Å². The molecule has 5 nitrogen and oxygen atoms in total. The third kappa shape index (κ3) is 2.41. The third-order valence-corrected chi connectivity index (χ3v) is 2.61. The van der Waals surface area contributed by atoms with Gasteiger partial charge in [-0.3, -0.25) is 0 Å². The van der Waals surface area contributed by atoms with Crippen molar-refractivity contribution in [2.24, 2.45) is 0 Å². The summed E-state index contributed by atoms with van der Waals surface area (Å²) in [7, 11) is 0. The van der Waals surface area contributed by atoms with Gasteiger partial charge in [-0.05, 0) is 19.4 Å². The standard InChI is InChI=1S/C13H13NO4/c1-13(2,17)9-5-3-8(4-6-9)10-7-11(12(15)16)18-14-10/h3-7,17H,1-2H3,(H,15,16). The van der Waals surface area contributed by atoms with Gasteiger partial charge in [0.25, 0.3) is 0 Å². The summed E-state index contributed by atoms with van der Waals surface area (Å²) in [4.78, 5) is 10.7. The van der Waals surface area contributed by atoms with Crippen molar-refractivity contribution < 1.29 is 19.5 Å². The molecule has 2 N–H and O–H groups in total. The van der Waals surface area contributed by atoms with E-state index in [-0.39, 0.29) is 5.76 Å². The van der Waals surface area contributed by atoms with Crippen LogP contribution in [0.25, 0.3) is 11.3 Å². The highest BCUT2D eigenvalue weighted by Gasteiger charge is 2.16. The topological polar surface area (TPSA) is 83.6 Å². The van der Waals surface area contributed by atoms with Crippen molar-refractivity contribution in [1.29, 1.82) is 0 Å². The summed E-state index contributed by atoms with van der Waals surface area (Å²) in [5.74, 6) is -1.35. The molecule has 1 aromatic carbocycles. The highest BCUT2D eigenvalue weighted by molar-refractivity contribution is 5.85. The van der Waals surface area contributed by atoms with Gasteiger partial charge in [0.2, 0.25) is 5.76 Å². The fourth-order valence-electron chi connectivity index (χ4n) is 1.56. The van der Waals surface area contributed by atoms with Gasteiger partial charge >= 0.3 is 5.97 Å². The van der Waals surface area contributed by atoms with Crippen LogP contribution in [0.3, 0.4) is 0 Å². The summed E-state index contributed by atoms with van der Waals surface area (Å²) in [6, 6.07) is 8.42. The second-order valence-electron chi connectivity index (χ2n) is 4.52. The molecule has 5 heteroatoms. The van der Waals surface area contributed by atoms with Crippen LogP contribution >= 0.6 is 0 Å². The quantitative estimate of drug-likeness (QED) is 0.869. The van der Waals surface area contributed by atoms with Gasteiger partial charge in [0, 0.05) is 11.6 Å². The highest BCUT2D eigenvalue weighted by atomic mass is 16.5. The van der Waals surface area contributed by atoms with Crippen molar-refractivity contribution in [2.75, 3.05) is 0 Å². The Morgan fingerprint density at radius 3 is 2.33 bits per heavy atom. The van der Waals surface area contributed by atoms with E-state index in [4.69, 9.17) is 5.11 Å². The van der Waals surface area contributed by atoms with Crippen molar-refractivity contribution in [2.45, 2.75) is 19.4 Å². The predicted octanol–water partition coefficient (Wildman–Crippen LogP) is 2.27. The number of benzene rings is 1. The lowest BCUT2D eigenvalue weighted by molar-refractivity contribution is 0.0651. The number of hydrogen-bond acceptors (Lipinski definition) is 4. The Morgan fingerprint density at radius 2 is 1.89 bits per heavy atom. The number of hydrogen-bond donors (Lipinski definition) is 2. The molecule has 0 unspecified atom stereocenters. The van der Waals surface area contributed by atoms with Crippen LogP contribution in [0.15, 0.2) is 34.9 Å². The lowest BCUT2D eigenvalue weighted by Gasteiger charge is -2.17. The van der Waals surface area contributed by atoms with E-state index in [1.165, 1.54) is 6.07 Å². The summed E-state index contributed by atoms with van der Waals surface area (Å²) in [5.41, 5.74) is 1.05. The summed E-state index contributed by atoms with van der Waals surface area (Å²) in [6.07, 6.45) is 0. The minimum atomic E-state index is -1.15. The molecule has 0 spiro atoms. The average Bonchev–Trinajstić information content (AvgIpc) is 2.77. The molecule has 1 heterocycles. The molecule has 0 atom stereocenters. The number of aliphatic hydroxyl groups is 1. The minimum Gasteiger partial charge on any atom is -0.475 e. The number of carboxylic acids is 1. The van der Waals surface area contributed by atoms with Gasteiger partial charge in [-0.15, -0.1) is 0 Å². The number of rotatable bonds is 3. The van der Waals surface area contributed by atoms with Gasteiger partial charge < -0.3 is 14.7 Å². The van der Waals surface area contributed by atoms with Crippen molar-refractivity contribution in [1.82, 2.24) is 5.16 Å². The molecule has 0 saturated heterocycles. The Bertz CT molecular complexity index is 563. The molecule has 0 fully saturated rings. The molecule has 94 valence electrons. The third-order valence-electron chi connectivity index (χ3n) is 2.61. The largest absolute Gasteiger partial charge is 0.475 e. The maximum Gasteiger partial charge on any atom is 0.374 e. The Kier molecular flexibility index (Phi) is 2.92. The SMILES string of the molecule is CC(C)(O)c1ccc(-c2cc(C(=O)O)on2)cc1. The van der Waals surface area contributed by atoms with Crippen molar-refractivity contribution in [3.05, 3.63) is 41.7 Å². The first-order valence-electron chi connectivity index (χ1n) is 5.41. The fraction of sp³-hybridized carbons (Fsp3) is 0.231. The highest BCUT2D eigenvalue weighted by Crippen LogP contribution is 2.24. The maximum atomic E-state index is 10.7. The molecule has 18 heavy (non-hydrogen) atoms. The van der Waals surface area contributed by atoms with Gasteiger partial charge in [0.05, 0.1) is 5.60 Å². The Labute approximate surface area is 104 Å². The molecule has 0 aliphatic rings. The smallest absolute Gasteiger partial charge is 0.374 e. The number of carbonyl (C=O) groups is 1. The van der Waals surface area contributed by atoms with E-state index in [1.807, 2.05) is 0 Å². The van der Waals surface area contributed by atoms with Gasteiger partial charge in [-0.2, -0.15) is 0 Å². The molecule has 0 amide bonds. The first-order valence-corrected chi connectivity index (χ1v) is 5.41. The number of nitrogens with zero attached hydrogens (tertiary/aromatic N) is 1. The Balaban J connectivity index is 2.31. The fourth-order valence-corrected chi connectivity index (χ4v) is 1.56. The van der Waals surface area contributed by atoms with Crippen LogP contribution in [-0.2, 0) is 5.60 Å². The minimum absolute atomic E-state index is 0.198. The van der Waals surface area contributed by atoms with Crippen molar-refractivity contribution in [3.63, 3.8) is 0 Å².